The van der Waals surface area contributed by atoms with Crippen molar-refractivity contribution >= 4 is 80.9 Å². The maximum atomic E-state index is 12.8. The van der Waals surface area contributed by atoms with Gasteiger partial charge in [-0.1, -0.05) is 35.0 Å². The van der Waals surface area contributed by atoms with Crippen LogP contribution in [0.5, 0.6) is 0 Å². The molecule has 3 amide bonds. The third-order valence-electron chi connectivity index (χ3n) is 5.16. The summed E-state index contributed by atoms with van der Waals surface area (Å²) in [5.74, 6) is 0.00772. The van der Waals surface area contributed by atoms with Gasteiger partial charge in [0.25, 0.3) is 11.6 Å². The van der Waals surface area contributed by atoms with Crippen LogP contribution < -0.4 is 10.7 Å². The molecule has 13 heteroatoms. The van der Waals surface area contributed by atoms with Crippen LogP contribution in [0.3, 0.4) is 0 Å². The third kappa shape index (κ3) is 5.39. The molecule has 0 bridgehead atoms. The van der Waals surface area contributed by atoms with Crippen LogP contribution in [0.1, 0.15) is 16.9 Å². The van der Waals surface area contributed by atoms with E-state index in [-0.39, 0.29) is 25.7 Å². The van der Waals surface area contributed by atoms with Crippen molar-refractivity contribution in [3.05, 3.63) is 84.4 Å². The average Bonchev–Trinajstić information content (AvgIpc) is 3.38. The Kier molecular flexibility index (Phi) is 7.36. The van der Waals surface area contributed by atoms with Gasteiger partial charge in [-0.25, -0.2) is 10.2 Å². The Labute approximate surface area is 224 Å². The zero-order chi connectivity index (χ0) is 26.1. The second-order valence-electron chi connectivity index (χ2n) is 7.62. The lowest BCUT2D eigenvalue weighted by molar-refractivity contribution is -0.384. The average molecular weight is 563 g/mol. The number of anilines is 1. The zero-order valence-corrected chi connectivity index (χ0v) is 21.8. The highest BCUT2D eigenvalue weighted by Crippen LogP contribution is 2.36. The minimum absolute atomic E-state index is 0.0810. The van der Waals surface area contributed by atoms with Crippen LogP contribution in [-0.4, -0.2) is 26.2 Å². The second-order valence-corrected chi connectivity index (χ2v) is 10.1. The minimum atomic E-state index is -0.715. The van der Waals surface area contributed by atoms with Crippen LogP contribution in [0.25, 0.3) is 17.4 Å². The van der Waals surface area contributed by atoms with Crippen molar-refractivity contribution in [1.82, 2.24) is 10.4 Å². The van der Waals surface area contributed by atoms with Gasteiger partial charge in [-0.2, -0.15) is 5.01 Å². The number of benzene rings is 2. The molecule has 0 aliphatic carbocycles. The number of hydrogen-bond acceptors (Lipinski definition) is 7. The molecule has 4 rings (SSSR count). The molecule has 0 saturated carbocycles. The molecular formula is C23H16Cl2N4O5S2. The number of amides is 3. The summed E-state index contributed by atoms with van der Waals surface area (Å²) in [6.45, 7) is 3.64. The lowest BCUT2D eigenvalue weighted by atomic mass is 10.0. The third-order valence-corrected chi connectivity index (χ3v) is 7.20. The van der Waals surface area contributed by atoms with Gasteiger partial charge in [0.1, 0.15) is 11.5 Å². The Morgan fingerprint density at radius 3 is 2.56 bits per heavy atom. The number of thioether (sulfide) groups is 1. The van der Waals surface area contributed by atoms with E-state index in [9.17, 15) is 19.7 Å². The zero-order valence-electron chi connectivity index (χ0n) is 18.6. The number of carbonyl (C=O) groups excluding carboxylic acids is 2. The maximum Gasteiger partial charge on any atom is 0.338 e. The van der Waals surface area contributed by atoms with E-state index in [2.05, 4.69) is 10.7 Å². The Bertz CT molecular complexity index is 1470. The van der Waals surface area contributed by atoms with Crippen LogP contribution in [0.2, 0.25) is 10.0 Å². The summed E-state index contributed by atoms with van der Waals surface area (Å²) in [5.41, 5.74) is 4.67. The number of thiocarbonyl (C=S) groups is 1. The number of hydrazine groups is 1. The number of aryl methyl sites for hydroxylation is 2. The van der Waals surface area contributed by atoms with Crippen molar-refractivity contribution in [2.75, 3.05) is 5.32 Å². The topological polar surface area (TPSA) is 118 Å². The summed E-state index contributed by atoms with van der Waals surface area (Å²) < 4.78 is 5.89. The molecule has 36 heavy (non-hydrogen) atoms. The van der Waals surface area contributed by atoms with E-state index in [1.807, 2.05) is 6.92 Å². The Hall–Kier alpha value is -3.38. The second kappa shape index (κ2) is 10.3. The predicted octanol–water partition coefficient (Wildman–Crippen LogP) is 6.72. The van der Waals surface area contributed by atoms with Gasteiger partial charge in [-0.3, -0.25) is 14.9 Å². The molecule has 0 unspecified atom stereocenters. The van der Waals surface area contributed by atoms with Crippen molar-refractivity contribution in [2.45, 2.75) is 13.8 Å². The van der Waals surface area contributed by atoms with Crippen LogP contribution in [0.4, 0.5) is 16.2 Å². The molecule has 2 aromatic carbocycles. The standard InChI is InChI=1S/C23H16Cl2N4O5S2/c1-11-7-15(18(29(32)33)8-12(11)2)19-6-4-14(34-19)10-20-21(30)28(23(35)36-20)27-22(31)26-13-3-5-16(24)17(25)9-13/h3-10H,1-2H3,(H2,26,27,31)/b20-10-. The van der Waals surface area contributed by atoms with Gasteiger partial charge >= 0.3 is 6.03 Å². The Balaban J connectivity index is 1.51. The van der Waals surface area contributed by atoms with E-state index in [0.29, 0.717) is 22.0 Å². The molecule has 1 fully saturated rings. The largest absolute Gasteiger partial charge is 0.456 e. The van der Waals surface area contributed by atoms with E-state index in [0.717, 1.165) is 27.9 Å². The monoisotopic (exact) mass is 562 g/mol. The SMILES string of the molecule is Cc1cc(-c2ccc(/C=C3\SC(=S)N(NC(=O)Nc4ccc(Cl)c(Cl)c4)C3=O)o2)c([N+](=O)[O-])cc1C. The van der Waals surface area contributed by atoms with Crippen molar-refractivity contribution in [2.24, 2.45) is 0 Å². The fourth-order valence-corrected chi connectivity index (χ4v) is 4.71. The number of nitrogens with one attached hydrogen (secondary N) is 2. The quantitative estimate of drug-likeness (QED) is 0.153. The molecule has 1 saturated heterocycles. The summed E-state index contributed by atoms with van der Waals surface area (Å²) in [6, 6.07) is 10.2. The summed E-state index contributed by atoms with van der Waals surface area (Å²) >= 11 is 18.0. The molecule has 1 aliphatic heterocycles. The first kappa shape index (κ1) is 25.7. The first-order valence-electron chi connectivity index (χ1n) is 10.2. The number of halogens is 2. The normalized spacial score (nSPS) is 14.4. The number of hydrogen-bond donors (Lipinski definition) is 2. The highest BCUT2D eigenvalue weighted by molar-refractivity contribution is 8.26. The number of furan rings is 1. The van der Waals surface area contributed by atoms with Crippen LogP contribution in [0.15, 0.2) is 51.8 Å². The molecule has 0 spiro atoms. The highest BCUT2D eigenvalue weighted by Gasteiger charge is 2.34. The van der Waals surface area contributed by atoms with Crippen LogP contribution in [0, 0.1) is 24.0 Å². The number of urea groups is 1. The Morgan fingerprint density at radius 1 is 1.14 bits per heavy atom. The van der Waals surface area contributed by atoms with Crippen molar-refractivity contribution < 1.29 is 18.9 Å². The van der Waals surface area contributed by atoms with Gasteiger partial charge in [0.2, 0.25) is 0 Å². The van der Waals surface area contributed by atoms with E-state index in [1.165, 1.54) is 24.3 Å². The molecule has 0 atom stereocenters. The van der Waals surface area contributed by atoms with E-state index < -0.39 is 16.9 Å². The molecular weight excluding hydrogens is 547 g/mol. The number of nitro groups is 1. The number of nitrogens with zero attached hydrogens (tertiary/aromatic N) is 2. The van der Waals surface area contributed by atoms with Crippen molar-refractivity contribution in [3.63, 3.8) is 0 Å². The van der Waals surface area contributed by atoms with Gasteiger partial charge in [-0.05, 0) is 73.6 Å². The lowest BCUT2D eigenvalue weighted by Gasteiger charge is -2.16. The lowest BCUT2D eigenvalue weighted by Crippen LogP contribution is -2.46. The fourth-order valence-electron chi connectivity index (χ4n) is 3.25. The van der Waals surface area contributed by atoms with Crippen LogP contribution >= 0.6 is 47.2 Å². The predicted molar refractivity (Wildman–Crippen MR) is 144 cm³/mol. The molecule has 2 heterocycles. The smallest absolute Gasteiger partial charge is 0.338 e. The van der Waals surface area contributed by atoms with Crippen molar-refractivity contribution in [3.8, 4) is 11.3 Å². The number of nitro benzene ring substituents is 1. The van der Waals surface area contributed by atoms with Gasteiger partial charge in [-0.15, -0.1) is 0 Å². The van der Waals surface area contributed by atoms with Gasteiger partial charge in [0.15, 0.2) is 4.32 Å². The highest BCUT2D eigenvalue weighted by atomic mass is 35.5. The summed E-state index contributed by atoms with van der Waals surface area (Å²) in [7, 11) is 0. The molecule has 184 valence electrons. The van der Waals surface area contributed by atoms with E-state index >= 15 is 0 Å². The maximum absolute atomic E-state index is 12.8. The van der Waals surface area contributed by atoms with Gasteiger partial charge < -0.3 is 9.73 Å². The number of rotatable bonds is 5. The molecule has 9 nitrogen and oxygen atoms in total. The van der Waals surface area contributed by atoms with Crippen molar-refractivity contribution in [1.29, 1.82) is 0 Å². The molecule has 1 aromatic heterocycles. The first-order valence-corrected chi connectivity index (χ1v) is 12.2. The van der Waals surface area contributed by atoms with Gasteiger partial charge in [0.05, 0.1) is 25.4 Å². The molecule has 2 N–H and O–H groups in total. The molecule has 0 radical (unpaired) electrons. The summed E-state index contributed by atoms with van der Waals surface area (Å²) in [4.78, 5) is 36.5. The first-order chi connectivity index (χ1) is 17.0. The summed E-state index contributed by atoms with van der Waals surface area (Å²) in [5, 5.41) is 15.6. The van der Waals surface area contributed by atoms with E-state index in [1.54, 1.807) is 31.2 Å². The Morgan fingerprint density at radius 2 is 1.86 bits per heavy atom. The fraction of sp³-hybridized carbons (Fsp3) is 0.0870. The van der Waals surface area contributed by atoms with E-state index in [4.69, 9.17) is 39.8 Å². The minimum Gasteiger partial charge on any atom is -0.456 e. The summed E-state index contributed by atoms with van der Waals surface area (Å²) in [6.07, 6.45) is 1.45. The molecule has 1 aliphatic rings. The molecule has 3 aromatic rings. The number of carbonyl (C=O) groups is 2. The van der Waals surface area contributed by atoms with Crippen LogP contribution in [-0.2, 0) is 4.79 Å². The van der Waals surface area contributed by atoms with Gasteiger partial charge in [0, 0.05) is 17.8 Å².